The molecule has 0 aromatic carbocycles. The van der Waals surface area contributed by atoms with E-state index in [1.54, 1.807) is 12.4 Å². The van der Waals surface area contributed by atoms with E-state index in [0.29, 0.717) is 11.7 Å². The van der Waals surface area contributed by atoms with Crippen molar-refractivity contribution in [1.29, 1.82) is 0 Å². The van der Waals surface area contributed by atoms with Crippen LogP contribution < -0.4 is 9.80 Å². The molecule has 128 valence electrons. The van der Waals surface area contributed by atoms with Crippen LogP contribution in [0.3, 0.4) is 0 Å². The van der Waals surface area contributed by atoms with E-state index in [-0.39, 0.29) is 0 Å². The lowest BCUT2D eigenvalue weighted by molar-refractivity contribution is 0.425. The molecule has 4 heterocycles. The molecule has 25 heavy (non-hydrogen) atoms. The molecule has 4 rings (SSSR count). The van der Waals surface area contributed by atoms with Crippen LogP contribution in [0.5, 0.6) is 0 Å². The summed E-state index contributed by atoms with van der Waals surface area (Å²) < 4.78 is 5.33. The van der Waals surface area contributed by atoms with Gasteiger partial charge in [0.1, 0.15) is 17.5 Å². The van der Waals surface area contributed by atoms with Gasteiger partial charge in [0, 0.05) is 38.6 Å². The van der Waals surface area contributed by atoms with Gasteiger partial charge in [-0.05, 0) is 32.0 Å². The maximum absolute atomic E-state index is 5.33. The molecule has 0 unspecified atom stereocenters. The Balaban J connectivity index is 1.53. The number of aryl methyl sites for hydroxylation is 2. The SMILES string of the molecule is Cc1nccc(N2CCN(c3ncccc3-c3nc(C)no3)CC2)n1. The summed E-state index contributed by atoms with van der Waals surface area (Å²) >= 11 is 0. The molecular weight excluding hydrogens is 318 g/mol. The van der Waals surface area contributed by atoms with E-state index in [9.17, 15) is 0 Å². The molecular formula is C17H19N7O. The predicted octanol–water partition coefficient (Wildman–Crippen LogP) is 1.87. The van der Waals surface area contributed by atoms with Crippen LogP contribution in [0.2, 0.25) is 0 Å². The highest BCUT2D eigenvalue weighted by Gasteiger charge is 2.23. The molecule has 0 aliphatic carbocycles. The highest BCUT2D eigenvalue weighted by molar-refractivity contribution is 5.70. The minimum atomic E-state index is 0.509. The van der Waals surface area contributed by atoms with Crippen molar-refractivity contribution >= 4 is 11.6 Å². The normalized spacial score (nSPS) is 14.8. The lowest BCUT2D eigenvalue weighted by atomic mass is 10.2. The summed E-state index contributed by atoms with van der Waals surface area (Å²) in [5.41, 5.74) is 0.870. The van der Waals surface area contributed by atoms with Crippen LogP contribution in [0.1, 0.15) is 11.6 Å². The van der Waals surface area contributed by atoms with Gasteiger partial charge in [0.05, 0.1) is 5.56 Å². The first-order chi connectivity index (χ1) is 12.2. The van der Waals surface area contributed by atoms with Crippen LogP contribution >= 0.6 is 0 Å². The van der Waals surface area contributed by atoms with Gasteiger partial charge in [-0.2, -0.15) is 4.98 Å². The molecule has 1 fully saturated rings. The Morgan fingerprint density at radius 3 is 2.40 bits per heavy atom. The molecule has 8 nitrogen and oxygen atoms in total. The van der Waals surface area contributed by atoms with E-state index in [4.69, 9.17) is 4.52 Å². The second kappa shape index (κ2) is 6.46. The van der Waals surface area contributed by atoms with Crippen LogP contribution in [0.25, 0.3) is 11.5 Å². The van der Waals surface area contributed by atoms with Crippen LogP contribution in [0, 0.1) is 13.8 Å². The molecule has 0 amide bonds. The van der Waals surface area contributed by atoms with E-state index in [0.717, 1.165) is 49.2 Å². The standard InChI is InChI=1S/C17H19N7O/c1-12-18-7-5-15(20-12)23-8-10-24(11-9-23)16-14(4-3-6-19-16)17-21-13(2)22-25-17/h3-7H,8-11H2,1-2H3. The number of piperazine rings is 1. The van der Waals surface area contributed by atoms with Crippen LogP contribution in [-0.2, 0) is 0 Å². The molecule has 3 aromatic heterocycles. The number of pyridine rings is 1. The lowest BCUT2D eigenvalue weighted by Crippen LogP contribution is -2.47. The van der Waals surface area contributed by atoms with Gasteiger partial charge in [0.25, 0.3) is 5.89 Å². The first-order valence-electron chi connectivity index (χ1n) is 8.26. The van der Waals surface area contributed by atoms with Gasteiger partial charge >= 0.3 is 0 Å². The van der Waals surface area contributed by atoms with Crippen molar-refractivity contribution in [3.63, 3.8) is 0 Å². The molecule has 0 saturated carbocycles. The fourth-order valence-electron chi connectivity index (χ4n) is 2.99. The Morgan fingerprint density at radius 1 is 0.880 bits per heavy atom. The zero-order valence-corrected chi connectivity index (χ0v) is 14.3. The first kappa shape index (κ1) is 15.5. The quantitative estimate of drug-likeness (QED) is 0.716. The maximum atomic E-state index is 5.33. The number of hydrogen-bond acceptors (Lipinski definition) is 8. The maximum Gasteiger partial charge on any atom is 0.261 e. The van der Waals surface area contributed by atoms with E-state index < -0.39 is 0 Å². The van der Waals surface area contributed by atoms with Gasteiger partial charge in [-0.15, -0.1) is 0 Å². The number of aromatic nitrogens is 5. The third kappa shape index (κ3) is 3.15. The lowest BCUT2D eigenvalue weighted by Gasteiger charge is -2.36. The smallest absolute Gasteiger partial charge is 0.261 e. The van der Waals surface area contributed by atoms with Gasteiger partial charge in [-0.3, -0.25) is 0 Å². The average molecular weight is 337 g/mol. The van der Waals surface area contributed by atoms with E-state index in [2.05, 4.69) is 34.9 Å². The summed E-state index contributed by atoms with van der Waals surface area (Å²) in [6.07, 6.45) is 3.60. The Morgan fingerprint density at radius 2 is 1.68 bits per heavy atom. The van der Waals surface area contributed by atoms with Crippen molar-refractivity contribution in [1.82, 2.24) is 25.1 Å². The largest absolute Gasteiger partial charge is 0.353 e. The summed E-state index contributed by atoms with van der Waals surface area (Å²) in [6, 6.07) is 5.81. The predicted molar refractivity (Wildman–Crippen MR) is 93.5 cm³/mol. The Bertz CT molecular complexity index is 871. The Labute approximate surface area is 145 Å². The summed E-state index contributed by atoms with van der Waals surface area (Å²) in [5.74, 6) is 3.77. The molecule has 0 bridgehead atoms. The fraction of sp³-hybridized carbons (Fsp3) is 0.353. The average Bonchev–Trinajstić information content (AvgIpc) is 3.08. The van der Waals surface area contributed by atoms with Gasteiger partial charge in [0.2, 0.25) is 0 Å². The zero-order chi connectivity index (χ0) is 17.2. The summed E-state index contributed by atoms with van der Waals surface area (Å²) in [7, 11) is 0. The minimum Gasteiger partial charge on any atom is -0.353 e. The monoisotopic (exact) mass is 337 g/mol. The molecule has 3 aromatic rings. The summed E-state index contributed by atoms with van der Waals surface area (Å²) in [6.45, 7) is 7.16. The van der Waals surface area contributed by atoms with Crippen molar-refractivity contribution in [2.24, 2.45) is 0 Å². The van der Waals surface area contributed by atoms with Gasteiger partial charge in [0.15, 0.2) is 5.82 Å². The first-order valence-corrected chi connectivity index (χ1v) is 8.26. The minimum absolute atomic E-state index is 0.509. The Hall–Kier alpha value is -3.03. The van der Waals surface area contributed by atoms with E-state index >= 15 is 0 Å². The topological polar surface area (TPSA) is 84.1 Å². The third-order valence-electron chi connectivity index (χ3n) is 4.21. The molecule has 8 heteroatoms. The molecule has 1 saturated heterocycles. The second-order valence-electron chi connectivity index (χ2n) is 5.96. The highest BCUT2D eigenvalue weighted by atomic mass is 16.5. The van der Waals surface area contributed by atoms with E-state index in [1.807, 2.05) is 32.0 Å². The molecule has 1 aliphatic heterocycles. The van der Waals surface area contributed by atoms with Gasteiger partial charge in [-0.1, -0.05) is 5.16 Å². The number of hydrogen-bond donors (Lipinski definition) is 0. The number of anilines is 2. The Kier molecular flexibility index (Phi) is 4.01. The number of nitrogens with zero attached hydrogens (tertiary/aromatic N) is 7. The number of rotatable bonds is 3. The molecule has 1 aliphatic rings. The second-order valence-corrected chi connectivity index (χ2v) is 5.96. The summed E-state index contributed by atoms with van der Waals surface area (Å²) in [5, 5.41) is 3.88. The van der Waals surface area contributed by atoms with Crippen LogP contribution in [0.4, 0.5) is 11.6 Å². The zero-order valence-electron chi connectivity index (χ0n) is 14.3. The van der Waals surface area contributed by atoms with Crippen LogP contribution in [0.15, 0.2) is 35.1 Å². The third-order valence-corrected chi connectivity index (χ3v) is 4.21. The fourth-order valence-corrected chi connectivity index (χ4v) is 2.99. The van der Waals surface area contributed by atoms with Crippen molar-refractivity contribution in [2.75, 3.05) is 36.0 Å². The van der Waals surface area contributed by atoms with Gasteiger partial charge < -0.3 is 14.3 Å². The molecule has 0 radical (unpaired) electrons. The summed E-state index contributed by atoms with van der Waals surface area (Å²) in [4.78, 5) is 22.1. The highest BCUT2D eigenvalue weighted by Crippen LogP contribution is 2.28. The van der Waals surface area contributed by atoms with Crippen molar-refractivity contribution in [2.45, 2.75) is 13.8 Å². The van der Waals surface area contributed by atoms with Crippen molar-refractivity contribution in [3.8, 4) is 11.5 Å². The van der Waals surface area contributed by atoms with E-state index in [1.165, 1.54) is 0 Å². The molecule has 0 atom stereocenters. The van der Waals surface area contributed by atoms with Crippen LogP contribution in [-0.4, -0.2) is 51.3 Å². The molecule has 0 N–H and O–H groups in total. The van der Waals surface area contributed by atoms with Crippen molar-refractivity contribution in [3.05, 3.63) is 42.2 Å². The van der Waals surface area contributed by atoms with Gasteiger partial charge in [-0.25, -0.2) is 15.0 Å². The molecule has 0 spiro atoms. The van der Waals surface area contributed by atoms with Crippen molar-refractivity contribution < 1.29 is 4.52 Å².